The molecule has 1 aliphatic heterocycles. The lowest BCUT2D eigenvalue weighted by molar-refractivity contribution is -0.127. The SMILES string of the molecule is CNC(C)c1ccc(OC2CCCCNC2=O)c(OC)c1. The summed E-state index contributed by atoms with van der Waals surface area (Å²) < 4.78 is 11.3. The highest BCUT2D eigenvalue weighted by atomic mass is 16.5. The fourth-order valence-corrected chi connectivity index (χ4v) is 2.39. The zero-order valence-electron chi connectivity index (χ0n) is 12.9. The van der Waals surface area contributed by atoms with Crippen LogP contribution in [0, 0.1) is 0 Å². The first-order valence-corrected chi connectivity index (χ1v) is 7.45. The van der Waals surface area contributed by atoms with Gasteiger partial charge in [-0.15, -0.1) is 0 Å². The quantitative estimate of drug-likeness (QED) is 0.872. The highest BCUT2D eigenvalue weighted by molar-refractivity contribution is 5.81. The number of rotatable bonds is 5. The van der Waals surface area contributed by atoms with Gasteiger partial charge in [-0.3, -0.25) is 4.79 Å². The molecular formula is C16H24N2O3. The van der Waals surface area contributed by atoms with Crippen LogP contribution in [0.2, 0.25) is 0 Å². The predicted octanol–water partition coefficient (Wildman–Crippen LogP) is 2.02. The fraction of sp³-hybridized carbons (Fsp3) is 0.562. The van der Waals surface area contributed by atoms with Gasteiger partial charge in [0.1, 0.15) is 0 Å². The van der Waals surface area contributed by atoms with Gasteiger partial charge in [-0.25, -0.2) is 0 Å². The molecule has 21 heavy (non-hydrogen) atoms. The molecule has 0 aliphatic carbocycles. The van der Waals surface area contributed by atoms with E-state index in [1.807, 2.05) is 25.2 Å². The van der Waals surface area contributed by atoms with Gasteiger partial charge in [0.15, 0.2) is 17.6 Å². The Bertz CT molecular complexity index is 490. The maximum absolute atomic E-state index is 12.0. The van der Waals surface area contributed by atoms with Crippen LogP contribution in [-0.4, -0.2) is 32.7 Å². The Morgan fingerprint density at radius 1 is 1.33 bits per heavy atom. The molecule has 5 nitrogen and oxygen atoms in total. The average molecular weight is 292 g/mol. The first kappa shape index (κ1) is 15.6. The minimum absolute atomic E-state index is 0.0396. The van der Waals surface area contributed by atoms with E-state index < -0.39 is 6.10 Å². The van der Waals surface area contributed by atoms with Crippen LogP contribution in [0.25, 0.3) is 0 Å². The van der Waals surface area contributed by atoms with Gasteiger partial charge < -0.3 is 20.1 Å². The van der Waals surface area contributed by atoms with Crippen molar-refractivity contribution in [2.75, 3.05) is 20.7 Å². The number of benzene rings is 1. The number of ether oxygens (including phenoxy) is 2. The molecule has 0 spiro atoms. The lowest BCUT2D eigenvalue weighted by atomic mass is 10.1. The number of amides is 1. The van der Waals surface area contributed by atoms with Crippen molar-refractivity contribution >= 4 is 5.91 Å². The number of methoxy groups -OCH3 is 1. The molecule has 1 aromatic carbocycles. The first-order chi connectivity index (χ1) is 10.2. The van der Waals surface area contributed by atoms with Crippen molar-refractivity contribution in [2.24, 2.45) is 0 Å². The van der Waals surface area contributed by atoms with Crippen molar-refractivity contribution in [3.8, 4) is 11.5 Å². The van der Waals surface area contributed by atoms with Crippen molar-refractivity contribution in [1.29, 1.82) is 0 Å². The van der Waals surface area contributed by atoms with E-state index in [1.54, 1.807) is 7.11 Å². The smallest absolute Gasteiger partial charge is 0.261 e. The molecule has 2 unspecified atom stereocenters. The maximum atomic E-state index is 12.0. The van der Waals surface area contributed by atoms with Crippen LogP contribution in [-0.2, 0) is 4.79 Å². The van der Waals surface area contributed by atoms with E-state index in [4.69, 9.17) is 9.47 Å². The van der Waals surface area contributed by atoms with E-state index in [0.717, 1.165) is 31.4 Å². The van der Waals surface area contributed by atoms with E-state index >= 15 is 0 Å². The summed E-state index contributed by atoms with van der Waals surface area (Å²) in [5.74, 6) is 1.24. The third kappa shape index (κ3) is 3.88. The Morgan fingerprint density at radius 3 is 2.86 bits per heavy atom. The molecule has 1 saturated heterocycles. The third-order valence-corrected chi connectivity index (χ3v) is 3.87. The van der Waals surface area contributed by atoms with Crippen LogP contribution in [0.5, 0.6) is 11.5 Å². The maximum Gasteiger partial charge on any atom is 0.261 e. The van der Waals surface area contributed by atoms with Crippen molar-refractivity contribution in [2.45, 2.75) is 38.3 Å². The molecule has 2 atom stereocenters. The van der Waals surface area contributed by atoms with Crippen LogP contribution in [0.15, 0.2) is 18.2 Å². The van der Waals surface area contributed by atoms with Gasteiger partial charge >= 0.3 is 0 Å². The van der Waals surface area contributed by atoms with Crippen molar-refractivity contribution < 1.29 is 14.3 Å². The van der Waals surface area contributed by atoms with Crippen molar-refractivity contribution in [3.63, 3.8) is 0 Å². The summed E-state index contributed by atoms with van der Waals surface area (Å²) in [7, 11) is 3.53. The molecule has 1 aliphatic rings. The normalized spacial score (nSPS) is 20.3. The van der Waals surface area contributed by atoms with E-state index in [0.29, 0.717) is 11.5 Å². The van der Waals surface area contributed by atoms with Crippen LogP contribution >= 0.6 is 0 Å². The molecular weight excluding hydrogens is 268 g/mol. The summed E-state index contributed by atoms with van der Waals surface area (Å²) in [5, 5.41) is 6.06. The highest BCUT2D eigenvalue weighted by Gasteiger charge is 2.23. The first-order valence-electron chi connectivity index (χ1n) is 7.45. The summed E-state index contributed by atoms with van der Waals surface area (Å²) in [5.41, 5.74) is 1.12. The van der Waals surface area contributed by atoms with Crippen molar-refractivity contribution in [3.05, 3.63) is 23.8 Å². The molecule has 1 fully saturated rings. The number of carbonyl (C=O) groups excluding carboxylic acids is 1. The average Bonchev–Trinajstić information content (AvgIpc) is 2.71. The van der Waals surface area contributed by atoms with E-state index in [-0.39, 0.29) is 11.9 Å². The van der Waals surface area contributed by atoms with Gasteiger partial charge in [-0.2, -0.15) is 0 Å². The Balaban J connectivity index is 2.17. The summed E-state index contributed by atoms with van der Waals surface area (Å²) >= 11 is 0. The monoisotopic (exact) mass is 292 g/mol. The predicted molar refractivity (Wildman–Crippen MR) is 81.7 cm³/mol. The van der Waals surface area contributed by atoms with Gasteiger partial charge in [0.2, 0.25) is 0 Å². The lowest BCUT2D eigenvalue weighted by Crippen LogP contribution is -2.36. The number of hydrogen-bond acceptors (Lipinski definition) is 4. The van der Waals surface area contributed by atoms with Gasteiger partial charge in [-0.1, -0.05) is 6.07 Å². The van der Waals surface area contributed by atoms with Gasteiger partial charge in [0.25, 0.3) is 5.91 Å². The summed E-state index contributed by atoms with van der Waals surface area (Å²) in [4.78, 5) is 12.0. The minimum Gasteiger partial charge on any atom is -0.493 e. The van der Waals surface area contributed by atoms with Crippen LogP contribution in [0.1, 0.15) is 37.8 Å². The third-order valence-electron chi connectivity index (χ3n) is 3.87. The lowest BCUT2D eigenvalue weighted by Gasteiger charge is -2.19. The number of carbonyl (C=O) groups is 1. The molecule has 2 rings (SSSR count). The second kappa shape index (κ2) is 7.31. The van der Waals surface area contributed by atoms with Gasteiger partial charge in [0, 0.05) is 12.6 Å². The topological polar surface area (TPSA) is 59.6 Å². The summed E-state index contributed by atoms with van der Waals surface area (Å²) in [6.45, 7) is 2.81. The summed E-state index contributed by atoms with van der Waals surface area (Å²) in [6, 6.07) is 6.05. The Hall–Kier alpha value is -1.75. The molecule has 0 aromatic heterocycles. The van der Waals surface area contributed by atoms with Crippen LogP contribution in [0.4, 0.5) is 0 Å². The standard InChI is InChI=1S/C16H24N2O3/c1-11(17-2)12-7-8-13(15(10-12)20-3)21-14-6-4-5-9-18-16(14)19/h7-8,10-11,14,17H,4-6,9H2,1-3H3,(H,18,19). The number of hydrogen-bond donors (Lipinski definition) is 2. The van der Waals surface area contributed by atoms with E-state index in [1.165, 1.54) is 0 Å². The molecule has 0 bridgehead atoms. The molecule has 5 heteroatoms. The Morgan fingerprint density at radius 2 is 2.14 bits per heavy atom. The second-order valence-electron chi connectivity index (χ2n) is 5.31. The molecule has 2 N–H and O–H groups in total. The zero-order chi connectivity index (χ0) is 15.2. The van der Waals surface area contributed by atoms with Crippen LogP contribution in [0.3, 0.4) is 0 Å². The van der Waals surface area contributed by atoms with Gasteiger partial charge in [0.05, 0.1) is 7.11 Å². The zero-order valence-corrected chi connectivity index (χ0v) is 12.9. The number of nitrogens with one attached hydrogen (secondary N) is 2. The second-order valence-corrected chi connectivity index (χ2v) is 5.31. The molecule has 0 saturated carbocycles. The van der Waals surface area contributed by atoms with E-state index in [9.17, 15) is 4.79 Å². The molecule has 1 heterocycles. The van der Waals surface area contributed by atoms with Crippen molar-refractivity contribution in [1.82, 2.24) is 10.6 Å². The molecule has 1 aromatic rings. The molecule has 1 amide bonds. The summed E-state index contributed by atoms with van der Waals surface area (Å²) in [6.07, 6.45) is 2.29. The fourth-order valence-electron chi connectivity index (χ4n) is 2.39. The minimum atomic E-state index is -0.436. The Kier molecular flexibility index (Phi) is 5.44. The van der Waals surface area contributed by atoms with Crippen LogP contribution < -0.4 is 20.1 Å². The van der Waals surface area contributed by atoms with E-state index in [2.05, 4.69) is 17.6 Å². The van der Waals surface area contributed by atoms with Gasteiger partial charge in [-0.05, 0) is 50.9 Å². The Labute approximate surface area is 126 Å². The largest absolute Gasteiger partial charge is 0.493 e. The molecule has 116 valence electrons. The highest BCUT2D eigenvalue weighted by Crippen LogP contribution is 2.31. The molecule has 0 radical (unpaired) electrons.